The molecule has 3 heteroatoms. The van der Waals surface area contributed by atoms with E-state index in [0.717, 1.165) is 23.6 Å². The minimum Gasteiger partial charge on any atom is -0.369 e. The summed E-state index contributed by atoms with van der Waals surface area (Å²) in [6, 6.07) is 6.90. The van der Waals surface area contributed by atoms with Gasteiger partial charge in [-0.3, -0.25) is 0 Å². The highest BCUT2D eigenvalue weighted by molar-refractivity contribution is 8.00. The Morgan fingerprint density at radius 3 is 2.60 bits per heavy atom. The van der Waals surface area contributed by atoms with Gasteiger partial charge in [0.05, 0.1) is 0 Å². The largest absolute Gasteiger partial charge is 0.369 e. The Morgan fingerprint density at radius 1 is 1.25 bits per heavy atom. The zero-order valence-electron chi connectivity index (χ0n) is 13.3. The molecule has 0 spiro atoms. The van der Waals surface area contributed by atoms with Crippen LogP contribution in [0.1, 0.15) is 38.3 Å². The minimum absolute atomic E-state index is 0.719. The molecule has 1 aliphatic rings. The summed E-state index contributed by atoms with van der Waals surface area (Å²) in [5, 5.41) is 4.99. The van der Waals surface area contributed by atoms with Gasteiger partial charge in [0.2, 0.25) is 0 Å². The standard InChI is InChI=1S/C17H28N2S/c1-5-8-18-10-16-9-13(2)6-7-17(16)19-11-14(3)20-15(4)12-19/h6-7,9,14-15,18H,5,8,10-12H2,1-4H3. The molecule has 0 aliphatic carbocycles. The van der Waals surface area contributed by atoms with Crippen molar-refractivity contribution in [1.82, 2.24) is 5.32 Å². The number of aryl methyl sites for hydroxylation is 1. The van der Waals surface area contributed by atoms with E-state index in [1.165, 1.54) is 36.3 Å². The van der Waals surface area contributed by atoms with Gasteiger partial charge >= 0.3 is 0 Å². The zero-order valence-corrected chi connectivity index (χ0v) is 14.1. The number of benzene rings is 1. The predicted octanol–water partition coefficient (Wildman–Crippen LogP) is 3.82. The van der Waals surface area contributed by atoms with Gasteiger partial charge in [-0.25, -0.2) is 0 Å². The third-order valence-electron chi connectivity index (χ3n) is 3.74. The third kappa shape index (κ3) is 4.16. The molecule has 0 aromatic heterocycles. The van der Waals surface area contributed by atoms with Crippen LogP contribution >= 0.6 is 11.8 Å². The Labute approximate surface area is 128 Å². The molecule has 1 aromatic rings. The maximum atomic E-state index is 3.55. The maximum Gasteiger partial charge on any atom is 0.0412 e. The topological polar surface area (TPSA) is 15.3 Å². The Kier molecular flexibility index (Phi) is 5.79. The zero-order chi connectivity index (χ0) is 14.5. The highest BCUT2D eigenvalue weighted by Gasteiger charge is 2.23. The van der Waals surface area contributed by atoms with E-state index >= 15 is 0 Å². The summed E-state index contributed by atoms with van der Waals surface area (Å²) in [5.74, 6) is 0. The maximum absolute atomic E-state index is 3.55. The van der Waals surface area contributed by atoms with Gasteiger partial charge in [-0.05, 0) is 31.5 Å². The van der Waals surface area contributed by atoms with Crippen LogP contribution in [0.3, 0.4) is 0 Å². The molecule has 1 N–H and O–H groups in total. The second-order valence-corrected chi connectivity index (χ2v) is 7.85. The van der Waals surface area contributed by atoms with Crippen LogP contribution in [0.4, 0.5) is 5.69 Å². The molecule has 20 heavy (non-hydrogen) atoms. The second-order valence-electron chi connectivity index (χ2n) is 5.97. The highest BCUT2D eigenvalue weighted by Crippen LogP contribution is 2.31. The lowest BCUT2D eigenvalue weighted by molar-refractivity contribution is 0.667. The number of hydrogen-bond acceptors (Lipinski definition) is 3. The molecule has 1 saturated heterocycles. The molecule has 0 amide bonds. The molecule has 1 aliphatic heterocycles. The SMILES string of the molecule is CCCNCc1cc(C)ccc1N1CC(C)SC(C)C1. The average molecular weight is 292 g/mol. The Hall–Kier alpha value is -0.670. The van der Waals surface area contributed by atoms with Crippen LogP contribution in [-0.2, 0) is 6.54 Å². The molecule has 0 bridgehead atoms. The van der Waals surface area contributed by atoms with Crippen molar-refractivity contribution in [3.8, 4) is 0 Å². The van der Waals surface area contributed by atoms with Crippen molar-refractivity contribution in [3.63, 3.8) is 0 Å². The van der Waals surface area contributed by atoms with Crippen molar-refractivity contribution in [1.29, 1.82) is 0 Å². The fourth-order valence-corrected chi connectivity index (χ4v) is 4.26. The van der Waals surface area contributed by atoms with Crippen LogP contribution < -0.4 is 10.2 Å². The molecule has 2 unspecified atom stereocenters. The van der Waals surface area contributed by atoms with Crippen molar-refractivity contribution in [3.05, 3.63) is 29.3 Å². The predicted molar refractivity (Wildman–Crippen MR) is 91.9 cm³/mol. The second kappa shape index (κ2) is 7.37. The summed E-state index contributed by atoms with van der Waals surface area (Å²) >= 11 is 2.11. The molecular weight excluding hydrogens is 264 g/mol. The van der Waals surface area contributed by atoms with Gasteiger partial charge in [0, 0.05) is 35.8 Å². The number of rotatable bonds is 5. The first-order valence-electron chi connectivity index (χ1n) is 7.80. The van der Waals surface area contributed by atoms with Gasteiger partial charge in [-0.1, -0.05) is 38.5 Å². The Balaban J connectivity index is 2.16. The number of nitrogens with one attached hydrogen (secondary N) is 1. The Morgan fingerprint density at radius 2 is 1.95 bits per heavy atom. The summed E-state index contributed by atoms with van der Waals surface area (Å²) in [6.07, 6.45) is 1.19. The summed E-state index contributed by atoms with van der Waals surface area (Å²) in [5.41, 5.74) is 4.23. The van der Waals surface area contributed by atoms with E-state index in [1.54, 1.807) is 0 Å². The van der Waals surface area contributed by atoms with Gasteiger partial charge in [0.15, 0.2) is 0 Å². The third-order valence-corrected chi connectivity index (χ3v) is 4.96. The van der Waals surface area contributed by atoms with E-state index in [0.29, 0.717) is 0 Å². The summed E-state index contributed by atoms with van der Waals surface area (Å²) in [4.78, 5) is 2.58. The molecule has 2 rings (SSSR count). The van der Waals surface area contributed by atoms with Crippen molar-refractivity contribution in [2.24, 2.45) is 0 Å². The summed E-state index contributed by atoms with van der Waals surface area (Å²) < 4.78 is 0. The first kappa shape index (κ1) is 15.7. The number of hydrogen-bond donors (Lipinski definition) is 1. The van der Waals surface area contributed by atoms with E-state index in [9.17, 15) is 0 Å². The lowest BCUT2D eigenvalue weighted by Gasteiger charge is -2.37. The lowest BCUT2D eigenvalue weighted by atomic mass is 10.1. The molecule has 1 aromatic carbocycles. The fourth-order valence-electron chi connectivity index (χ4n) is 2.94. The molecule has 1 fully saturated rings. The van der Waals surface area contributed by atoms with Crippen molar-refractivity contribution >= 4 is 17.4 Å². The fraction of sp³-hybridized carbons (Fsp3) is 0.647. The number of anilines is 1. The lowest BCUT2D eigenvalue weighted by Crippen LogP contribution is -2.41. The molecule has 0 saturated carbocycles. The van der Waals surface area contributed by atoms with E-state index in [4.69, 9.17) is 0 Å². The monoisotopic (exact) mass is 292 g/mol. The average Bonchev–Trinajstić information content (AvgIpc) is 2.38. The summed E-state index contributed by atoms with van der Waals surface area (Å²) in [7, 11) is 0. The van der Waals surface area contributed by atoms with Gasteiger partial charge in [-0.15, -0.1) is 0 Å². The van der Waals surface area contributed by atoms with Crippen LogP contribution in [-0.4, -0.2) is 30.1 Å². The first-order valence-corrected chi connectivity index (χ1v) is 8.75. The van der Waals surface area contributed by atoms with E-state index in [2.05, 4.69) is 67.9 Å². The molecule has 2 atom stereocenters. The van der Waals surface area contributed by atoms with Crippen molar-refractivity contribution in [2.45, 2.75) is 51.2 Å². The van der Waals surface area contributed by atoms with Gasteiger partial charge in [0.1, 0.15) is 0 Å². The quantitative estimate of drug-likeness (QED) is 0.831. The van der Waals surface area contributed by atoms with Crippen molar-refractivity contribution < 1.29 is 0 Å². The first-order chi connectivity index (χ1) is 9.60. The van der Waals surface area contributed by atoms with Crippen LogP contribution in [0.5, 0.6) is 0 Å². The van der Waals surface area contributed by atoms with Crippen LogP contribution in [0, 0.1) is 6.92 Å². The van der Waals surface area contributed by atoms with Crippen LogP contribution in [0.15, 0.2) is 18.2 Å². The molecule has 2 nitrogen and oxygen atoms in total. The molecule has 0 radical (unpaired) electrons. The highest BCUT2D eigenvalue weighted by atomic mass is 32.2. The van der Waals surface area contributed by atoms with Gasteiger partial charge in [-0.2, -0.15) is 11.8 Å². The normalized spacial score (nSPS) is 23.1. The Bertz CT molecular complexity index is 423. The van der Waals surface area contributed by atoms with E-state index < -0.39 is 0 Å². The van der Waals surface area contributed by atoms with Crippen LogP contribution in [0.25, 0.3) is 0 Å². The molecular formula is C17H28N2S. The summed E-state index contributed by atoms with van der Waals surface area (Å²) in [6.45, 7) is 13.5. The van der Waals surface area contributed by atoms with E-state index in [1.807, 2.05) is 0 Å². The molecule has 1 heterocycles. The van der Waals surface area contributed by atoms with Crippen LogP contribution in [0.2, 0.25) is 0 Å². The van der Waals surface area contributed by atoms with Crippen molar-refractivity contribution in [2.75, 3.05) is 24.5 Å². The number of nitrogens with zero attached hydrogens (tertiary/aromatic N) is 1. The molecule has 112 valence electrons. The minimum atomic E-state index is 0.719. The van der Waals surface area contributed by atoms with Gasteiger partial charge in [0.25, 0.3) is 0 Å². The van der Waals surface area contributed by atoms with E-state index in [-0.39, 0.29) is 0 Å². The van der Waals surface area contributed by atoms with Gasteiger partial charge < -0.3 is 10.2 Å². The smallest absolute Gasteiger partial charge is 0.0412 e. The number of thioether (sulfide) groups is 1.